The van der Waals surface area contributed by atoms with E-state index in [4.69, 9.17) is 11.6 Å². The lowest BCUT2D eigenvalue weighted by molar-refractivity contribution is -0.123. The smallest absolute Gasteiger partial charge is 0.262 e. The largest absolute Gasteiger partial charge is 0.323 e. The first-order valence-corrected chi connectivity index (χ1v) is 7.64. The molecule has 2 aromatic carbocycles. The number of carbonyl (C=O) groups excluding carboxylic acids is 1. The molecule has 1 amide bonds. The number of fused-ring (bicyclic) bond motifs is 1. The molecule has 0 saturated carbocycles. The molecular weight excluding hydrogens is 357 g/mol. The molecule has 0 fully saturated rings. The fourth-order valence-corrected chi connectivity index (χ4v) is 2.26. The molecule has 1 heterocycles. The molecule has 130 valence electrons. The summed E-state index contributed by atoms with van der Waals surface area (Å²) >= 11 is 5.83. The van der Waals surface area contributed by atoms with E-state index in [0.717, 1.165) is 0 Å². The lowest BCUT2D eigenvalue weighted by Crippen LogP contribution is -2.33. The minimum atomic E-state index is -2.58. The second-order valence-corrected chi connectivity index (χ2v) is 5.67. The highest BCUT2D eigenvalue weighted by molar-refractivity contribution is 6.30. The van der Waals surface area contributed by atoms with Gasteiger partial charge in [-0.3, -0.25) is 4.79 Å². The number of benzene rings is 2. The molecule has 1 aromatic heterocycles. The van der Waals surface area contributed by atoms with Crippen LogP contribution < -0.4 is 5.32 Å². The van der Waals surface area contributed by atoms with Gasteiger partial charge in [0.25, 0.3) is 5.91 Å². The summed E-state index contributed by atoms with van der Waals surface area (Å²) in [5.41, 5.74) is 1.86. The molecule has 5 nitrogen and oxygen atoms in total. The van der Waals surface area contributed by atoms with E-state index < -0.39 is 24.9 Å². The Kier molecular flexibility index (Phi) is 4.89. The summed E-state index contributed by atoms with van der Waals surface area (Å²) < 4.78 is 38.4. The standard InChI is InChI=1S/C16H12ClF3N4O/c17-9-1-4-11(5-2-9)24-22-13-6-3-10(7-14(13)23-24)21-16(25)15(20)12(19)8-18/h1-7,12,15H,8H2,(H,21,25). The van der Waals surface area contributed by atoms with Gasteiger partial charge in [0.1, 0.15) is 17.7 Å². The molecule has 25 heavy (non-hydrogen) atoms. The third-order valence-corrected chi connectivity index (χ3v) is 3.67. The van der Waals surface area contributed by atoms with Crippen LogP contribution >= 0.6 is 11.6 Å². The predicted molar refractivity (Wildman–Crippen MR) is 88.3 cm³/mol. The van der Waals surface area contributed by atoms with Crippen molar-refractivity contribution in [1.82, 2.24) is 15.0 Å². The second kappa shape index (κ2) is 7.10. The first-order valence-electron chi connectivity index (χ1n) is 7.26. The van der Waals surface area contributed by atoms with Gasteiger partial charge in [0.2, 0.25) is 6.17 Å². The second-order valence-electron chi connectivity index (χ2n) is 5.23. The van der Waals surface area contributed by atoms with Crippen molar-refractivity contribution < 1.29 is 18.0 Å². The number of hydrogen-bond acceptors (Lipinski definition) is 3. The van der Waals surface area contributed by atoms with E-state index in [1.807, 2.05) is 0 Å². The van der Waals surface area contributed by atoms with Crippen LogP contribution in [-0.2, 0) is 4.79 Å². The molecule has 0 saturated heterocycles. The van der Waals surface area contributed by atoms with Crippen molar-refractivity contribution in [3.05, 3.63) is 47.5 Å². The zero-order valence-corrected chi connectivity index (χ0v) is 13.4. The van der Waals surface area contributed by atoms with E-state index in [0.29, 0.717) is 21.7 Å². The highest BCUT2D eigenvalue weighted by atomic mass is 35.5. The van der Waals surface area contributed by atoms with Crippen LogP contribution in [0, 0.1) is 0 Å². The summed E-state index contributed by atoms with van der Waals surface area (Å²) in [6.45, 7) is -1.57. The first kappa shape index (κ1) is 17.2. The molecule has 0 radical (unpaired) electrons. The van der Waals surface area contributed by atoms with E-state index in [9.17, 15) is 18.0 Å². The predicted octanol–water partition coefficient (Wildman–Crippen LogP) is 3.66. The van der Waals surface area contributed by atoms with Crippen LogP contribution in [0.3, 0.4) is 0 Å². The van der Waals surface area contributed by atoms with Crippen LogP contribution in [0.25, 0.3) is 16.7 Å². The summed E-state index contributed by atoms with van der Waals surface area (Å²) in [7, 11) is 0. The third kappa shape index (κ3) is 3.74. The van der Waals surface area contributed by atoms with E-state index in [1.54, 1.807) is 30.3 Å². The Bertz CT molecular complexity index is 900. The highest BCUT2D eigenvalue weighted by Crippen LogP contribution is 2.19. The van der Waals surface area contributed by atoms with Gasteiger partial charge in [-0.25, -0.2) is 13.2 Å². The van der Waals surface area contributed by atoms with Gasteiger partial charge in [0, 0.05) is 10.7 Å². The Morgan fingerprint density at radius 3 is 2.48 bits per heavy atom. The average Bonchev–Trinajstić information content (AvgIpc) is 3.04. The van der Waals surface area contributed by atoms with Crippen LogP contribution in [0.15, 0.2) is 42.5 Å². The maximum absolute atomic E-state index is 13.4. The van der Waals surface area contributed by atoms with E-state index >= 15 is 0 Å². The fourth-order valence-electron chi connectivity index (χ4n) is 2.14. The quantitative estimate of drug-likeness (QED) is 0.747. The summed E-state index contributed by atoms with van der Waals surface area (Å²) in [5.74, 6) is -1.26. The van der Waals surface area contributed by atoms with Gasteiger partial charge in [0.05, 0.1) is 5.69 Å². The monoisotopic (exact) mass is 368 g/mol. The van der Waals surface area contributed by atoms with Crippen molar-refractivity contribution in [2.24, 2.45) is 0 Å². The van der Waals surface area contributed by atoms with Crippen molar-refractivity contribution in [2.75, 3.05) is 12.0 Å². The van der Waals surface area contributed by atoms with Gasteiger partial charge in [-0.1, -0.05) is 11.6 Å². The number of aromatic nitrogens is 3. The van der Waals surface area contributed by atoms with Gasteiger partial charge in [-0.2, -0.15) is 4.80 Å². The molecule has 9 heteroatoms. The van der Waals surface area contributed by atoms with Gasteiger partial charge in [0.15, 0.2) is 6.17 Å². The summed E-state index contributed by atoms with van der Waals surface area (Å²) in [6.07, 6.45) is -5.07. The molecule has 0 aliphatic rings. The molecule has 3 aromatic rings. The van der Waals surface area contributed by atoms with Gasteiger partial charge >= 0.3 is 0 Å². The Morgan fingerprint density at radius 1 is 1.12 bits per heavy atom. The summed E-state index contributed by atoms with van der Waals surface area (Å²) in [4.78, 5) is 12.9. The first-order chi connectivity index (χ1) is 12.0. The molecular formula is C16H12ClF3N4O. The molecule has 2 unspecified atom stereocenters. The zero-order valence-electron chi connectivity index (χ0n) is 12.7. The molecule has 0 aliphatic heterocycles. The van der Waals surface area contributed by atoms with Crippen LogP contribution in [0.1, 0.15) is 0 Å². The topological polar surface area (TPSA) is 59.8 Å². The number of rotatable bonds is 5. The lowest BCUT2D eigenvalue weighted by Gasteiger charge is -2.10. The maximum Gasteiger partial charge on any atom is 0.262 e. The summed E-state index contributed by atoms with van der Waals surface area (Å²) in [6, 6.07) is 11.3. The van der Waals surface area contributed by atoms with Gasteiger partial charge in [-0.15, -0.1) is 10.2 Å². The van der Waals surface area contributed by atoms with Gasteiger partial charge < -0.3 is 5.32 Å². The van der Waals surface area contributed by atoms with Crippen molar-refractivity contribution in [3.63, 3.8) is 0 Å². The molecule has 0 spiro atoms. The van der Waals surface area contributed by atoms with E-state index in [1.165, 1.54) is 16.9 Å². The van der Waals surface area contributed by atoms with Gasteiger partial charge in [-0.05, 0) is 42.5 Å². The summed E-state index contributed by atoms with van der Waals surface area (Å²) in [5, 5.41) is 11.3. The lowest BCUT2D eigenvalue weighted by atomic mass is 10.2. The highest BCUT2D eigenvalue weighted by Gasteiger charge is 2.28. The maximum atomic E-state index is 13.4. The van der Waals surface area contributed by atoms with Crippen LogP contribution in [0.2, 0.25) is 5.02 Å². The number of alkyl halides is 3. The fraction of sp³-hybridized carbons (Fsp3) is 0.188. The number of hydrogen-bond donors (Lipinski definition) is 1. The molecule has 2 atom stereocenters. The average molecular weight is 369 g/mol. The number of amides is 1. The number of carbonyl (C=O) groups is 1. The van der Waals surface area contributed by atoms with E-state index in [-0.39, 0.29) is 5.69 Å². The zero-order chi connectivity index (χ0) is 18.0. The normalized spacial score (nSPS) is 13.6. The van der Waals surface area contributed by atoms with Crippen LogP contribution in [0.4, 0.5) is 18.9 Å². The number of anilines is 1. The van der Waals surface area contributed by atoms with Crippen molar-refractivity contribution >= 4 is 34.2 Å². The minimum absolute atomic E-state index is 0.203. The molecule has 0 aliphatic carbocycles. The molecule has 1 N–H and O–H groups in total. The third-order valence-electron chi connectivity index (χ3n) is 3.42. The Balaban J connectivity index is 1.83. The molecule has 0 bridgehead atoms. The Hall–Kier alpha value is -2.61. The number of nitrogens with zero attached hydrogens (tertiary/aromatic N) is 3. The van der Waals surface area contributed by atoms with Crippen molar-refractivity contribution in [2.45, 2.75) is 12.3 Å². The van der Waals surface area contributed by atoms with Crippen LogP contribution in [-0.4, -0.2) is 39.9 Å². The van der Waals surface area contributed by atoms with Crippen LogP contribution in [0.5, 0.6) is 0 Å². The molecule has 3 rings (SSSR count). The Labute approximate surface area is 145 Å². The number of halogens is 4. The van der Waals surface area contributed by atoms with E-state index in [2.05, 4.69) is 15.5 Å². The SMILES string of the molecule is O=C(Nc1ccc2nn(-c3ccc(Cl)cc3)nc2c1)C(F)C(F)CF. The van der Waals surface area contributed by atoms with Crippen molar-refractivity contribution in [1.29, 1.82) is 0 Å². The minimum Gasteiger partial charge on any atom is -0.323 e. The Morgan fingerprint density at radius 2 is 1.80 bits per heavy atom. The number of nitrogens with one attached hydrogen (secondary N) is 1. The van der Waals surface area contributed by atoms with Crippen molar-refractivity contribution in [3.8, 4) is 5.69 Å².